The zero-order valence-electron chi connectivity index (χ0n) is 27.2. The Bertz CT molecular complexity index is 1220. The van der Waals surface area contributed by atoms with E-state index in [2.05, 4.69) is 10.6 Å². The standard InChI is InChI=1S/C34H51N3O4/c1-13-34(11,12)37(31(39)27(20-21(2)3)35-32(40)41-33(8,9)10)29(26-19-15-16-22(4)25(26)7)30(38)36-28-23(5)17-14-18-24(28)6/h14-19,21,27,29H,13,20H2,1-12H3,(H,35,40)(H,36,38). The molecule has 0 aliphatic carbocycles. The third-order valence-electron chi connectivity index (χ3n) is 7.63. The van der Waals surface area contributed by atoms with Gasteiger partial charge in [0.05, 0.1) is 0 Å². The Hall–Kier alpha value is -3.35. The Morgan fingerprint density at radius 2 is 1.41 bits per heavy atom. The average molecular weight is 566 g/mol. The molecule has 0 radical (unpaired) electrons. The topological polar surface area (TPSA) is 87.7 Å². The summed E-state index contributed by atoms with van der Waals surface area (Å²) in [6.07, 6.45) is 0.332. The van der Waals surface area contributed by atoms with E-state index in [1.54, 1.807) is 25.7 Å². The molecule has 2 aromatic rings. The highest BCUT2D eigenvalue weighted by molar-refractivity contribution is 6.00. The van der Waals surface area contributed by atoms with Gasteiger partial charge in [0.15, 0.2) is 0 Å². The molecule has 0 heterocycles. The van der Waals surface area contributed by atoms with Crippen LogP contribution in [0.4, 0.5) is 10.5 Å². The van der Waals surface area contributed by atoms with Crippen LogP contribution in [0.25, 0.3) is 0 Å². The molecule has 7 nitrogen and oxygen atoms in total. The van der Waals surface area contributed by atoms with Gasteiger partial charge in [-0.3, -0.25) is 9.59 Å². The Kier molecular flexibility index (Phi) is 11.2. The third kappa shape index (κ3) is 8.82. The maximum Gasteiger partial charge on any atom is 0.408 e. The lowest BCUT2D eigenvalue weighted by Crippen LogP contribution is -2.59. The number of rotatable bonds is 10. The summed E-state index contributed by atoms with van der Waals surface area (Å²) in [6.45, 7) is 23.2. The van der Waals surface area contributed by atoms with Crippen LogP contribution in [0.1, 0.15) is 102 Å². The number of benzene rings is 2. The first-order valence-electron chi connectivity index (χ1n) is 14.7. The van der Waals surface area contributed by atoms with Crippen molar-refractivity contribution in [3.8, 4) is 0 Å². The van der Waals surface area contributed by atoms with Crippen molar-refractivity contribution in [1.29, 1.82) is 0 Å². The fourth-order valence-electron chi connectivity index (χ4n) is 4.93. The zero-order valence-corrected chi connectivity index (χ0v) is 27.2. The number of para-hydroxylation sites is 1. The smallest absolute Gasteiger partial charge is 0.408 e. The van der Waals surface area contributed by atoms with E-state index < -0.39 is 29.3 Å². The van der Waals surface area contributed by atoms with Gasteiger partial charge in [0, 0.05) is 11.2 Å². The van der Waals surface area contributed by atoms with E-state index in [1.165, 1.54) is 0 Å². The Labute approximate surface area is 247 Å². The molecule has 2 unspecified atom stereocenters. The first-order valence-corrected chi connectivity index (χ1v) is 14.7. The third-order valence-corrected chi connectivity index (χ3v) is 7.63. The van der Waals surface area contributed by atoms with Crippen LogP contribution in [0.15, 0.2) is 36.4 Å². The van der Waals surface area contributed by atoms with E-state index in [-0.39, 0.29) is 17.7 Å². The van der Waals surface area contributed by atoms with Crippen molar-refractivity contribution in [1.82, 2.24) is 10.2 Å². The number of nitrogens with zero attached hydrogens (tertiary/aromatic N) is 1. The molecule has 0 aliphatic rings. The summed E-state index contributed by atoms with van der Waals surface area (Å²) in [6, 6.07) is 9.89. The van der Waals surface area contributed by atoms with Gasteiger partial charge < -0.3 is 20.3 Å². The van der Waals surface area contributed by atoms with Crippen molar-refractivity contribution in [3.05, 3.63) is 64.2 Å². The van der Waals surface area contributed by atoms with E-state index in [9.17, 15) is 14.4 Å². The molecule has 41 heavy (non-hydrogen) atoms. The van der Waals surface area contributed by atoms with Gasteiger partial charge in [-0.25, -0.2) is 4.79 Å². The predicted octanol–water partition coefficient (Wildman–Crippen LogP) is 7.56. The Balaban J connectivity index is 2.75. The van der Waals surface area contributed by atoms with Gasteiger partial charge in [0.1, 0.15) is 17.7 Å². The second-order valence-electron chi connectivity index (χ2n) is 13.2. The van der Waals surface area contributed by atoms with Gasteiger partial charge in [-0.15, -0.1) is 0 Å². The van der Waals surface area contributed by atoms with E-state index >= 15 is 0 Å². The van der Waals surface area contributed by atoms with Gasteiger partial charge in [-0.2, -0.15) is 0 Å². The Morgan fingerprint density at radius 3 is 1.93 bits per heavy atom. The molecule has 226 valence electrons. The lowest BCUT2D eigenvalue weighted by molar-refractivity contribution is -0.148. The number of carbonyl (C=O) groups excluding carboxylic acids is 3. The summed E-state index contributed by atoms with van der Waals surface area (Å²) in [7, 11) is 0. The molecule has 2 atom stereocenters. The Morgan fingerprint density at radius 1 is 0.878 bits per heavy atom. The van der Waals surface area contributed by atoms with Gasteiger partial charge in [-0.1, -0.05) is 57.2 Å². The highest BCUT2D eigenvalue weighted by Crippen LogP contribution is 2.36. The molecule has 2 aromatic carbocycles. The molecule has 0 aliphatic heterocycles. The molecular weight excluding hydrogens is 514 g/mol. The zero-order chi connectivity index (χ0) is 31.3. The molecule has 0 bridgehead atoms. The minimum Gasteiger partial charge on any atom is -0.444 e. The van der Waals surface area contributed by atoms with Gasteiger partial charge in [-0.05, 0) is 109 Å². The number of hydrogen-bond acceptors (Lipinski definition) is 4. The highest BCUT2D eigenvalue weighted by Gasteiger charge is 2.44. The average Bonchev–Trinajstić information content (AvgIpc) is 2.84. The fraction of sp³-hybridized carbons (Fsp3) is 0.559. The molecule has 2 N–H and O–H groups in total. The van der Waals surface area contributed by atoms with E-state index in [4.69, 9.17) is 4.74 Å². The van der Waals surface area contributed by atoms with Crippen molar-refractivity contribution in [2.75, 3.05) is 5.32 Å². The molecule has 0 saturated heterocycles. The monoisotopic (exact) mass is 565 g/mol. The van der Waals surface area contributed by atoms with Crippen LogP contribution in [0.3, 0.4) is 0 Å². The molecule has 3 amide bonds. The summed E-state index contributed by atoms with van der Waals surface area (Å²) in [5.74, 6) is -0.515. The van der Waals surface area contributed by atoms with Crippen molar-refractivity contribution in [3.63, 3.8) is 0 Å². The van der Waals surface area contributed by atoms with E-state index in [0.717, 1.165) is 33.5 Å². The molecule has 2 rings (SSSR count). The van der Waals surface area contributed by atoms with Crippen LogP contribution in [0, 0.1) is 33.6 Å². The normalized spacial score (nSPS) is 13.4. The second-order valence-corrected chi connectivity index (χ2v) is 13.2. The van der Waals surface area contributed by atoms with Crippen molar-refractivity contribution in [2.24, 2.45) is 5.92 Å². The first-order chi connectivity index (χ1) is 18.9. The van der Waals surface area contributed by atoms with Gasteiger partial charge in [0.25, 0.3) is 5.91 Å². The van der Waals surface area contributed by atoms with Crippen LogP contribution in [0.5, 0.6) is 0 Å². The van der Waals surface area contributed by atoms with Crippen molar-refractivity contribution >= 4 is 23.6 Å². The van der Waals surface area contributed by atoms with E-state index in [1.807, 2.05) is 98.7 Å². The SMILES string of the molecule is CCC(C)(C)N(C(=O)C(CC(C)C)NC(=O)OC(C)(C)C)C(C(=O)Nc1c(C)cccc1C)c1cccc(C)c1C. The summed E-state index contributed by atoms with van der Waals surface area (Å²) in [5.41, 5.74) is 3.90. The first kappa shape index (κ1) is 33.9. The van der Waals surface area contributed by atoms with Crippen LogP contribution >= 0.6 is 0 Å². The summed E-state index contributed by atoms with van der Waals surface area (Å²) >= 11 is 0. The van der Waals surface area contributed by atoms with Crippen molar-refractivity contribution < 1.29 is 19.1 Å². The number of anilines is 1. The summed E-state index contributed by atoms with van der Waals surface area (Å²) in [5, 5.41) is 6.00. The maximum atomic E-state index is 14.7. The quantitative estimate of drug-likeness (QED) is 0.311. The van der Waals surface area contributed by atoms with Crippen molar-refractivity contribution in [2.45, 2.75) is 119 Å². The number of nitrogens with one attached hydrogen (secondary N) is 2. The molecule has 0 saturated carbocycles. The lowest BCUT2D eigenvalue weighted by atomic mass is 9.88. The minimum atomic E-state index is -0.938. The fourth-order valence-corrected chi connectivity index (χ4v) is 4.93. The second kappa shape index (κ2) is 13.5. The summed E-state index contributed by atoms with van der Waals surface area (Å²) in [4.78, 5) is 43.7. The number of aryl methyl sites for hydroxylation is 3. The van der Waals surface area contributed by atoms with Crippen LogP contribution in [-0.4, -0.2) is 40.0 Å². The molecule has 0 aromatic heterocycles. The number of hydrogen-bond donors (Lipinski definition) is 2. The lowest BCUT2D eigenvalue weighted by Gasteiger charge is -2.45. The number of carbonyl (C=O) groups is 3. The number of ether oxygens (including phenoxy) is 1. The summed E-state index contributed by atoms with van der Waals surface area (Å²) < 4.78 is 5.52. The van der Waals surface area contributed by atoms with E-state index in [0.29, 0.717) is 12.8 Å². The van der Waals surface area contributed by atoms with Crippen LogP contribution in [0.2, 0.25) is 0 Å². The highest BCUT2D eigenvalue weighted by atomic mass is 16.6. The molecule has 7 heteroatoms. The van der Waals surface area contributed by atoms with Crippen LogP contribution in [-0.2, 0) is 14.3 Å². The van der Waals surface area contributed by atoms with Crippen LogP contribution < -0.4 is 10.6 Å². The largest absolute Gasteiger partial charge is 0.444 e. The van der Waals surface area contributed by atoms with Gasteiger partial charge in [0.2, 0.25) is 5.91 Å². The number of alkyl carbamates (subject to hydrolysis) is 1. The molecule has 0 fully saturated rings. The molecular formula is C34H51N3O4. The molecule has 0 spiro atoms. The number of amides is 3. The predicted molar refractivity (Wildman–Crippen MR) is 167 cm³/mol. The maximum absolute atomic E-state index is 14.7. The van der Waals surface area contributed by atoms with Gasteiger partial charge >= 0.3 is 6.09 Å². The minimum absolute atomic E-state index is 0.105.